The first-order chi connectivity index (χ1) is 14.3. The minimum Gasteiger partial charge on any atom is -0.356 e. The van der Waals surface area contributed by atoms with Crippen molar-refractivity contribution in [1.29, 1.82) is 0 Å². The lowest BCUT2D eigenvalue weighted by molar-refractivity contribution is 0.435. The highest BCUT2D eigenvalue weighted by Crippen LogP contribution is 2.32. The van der Waals surface area contributed by atoms with E-state index in [0.717, 1.165) is 11.1 Å². The summed E-state index contributed by atoms with van der Waals surface area (Å²) in [5.41, 5.74) is 2.45. The summed E-state index contributed by atoms with van der Waals surface area (Å²) < 4.78 is 33.1. The second-order valence-electron chi connectivity index (χ2n) is 6.31. The van der Waals surface area contributed by atoms with Crippen molar-refractivity contribution in [1.82, 2.24) is 5.16 Å². The molecule has 0 fully saturated rings. The van der Waals surface area contributed by atoms with Gasteiger partial charge in [0, 0.05) is 27.9 Å². The van der Waals surface area contributed by atoms with Gasteiger partial charge in [-0.25, -0.2) is 8.42 Å². The second-order valence-corrected chi connectivity index (χ2v) is 9.22. The number of rotatable bonds is 5. The van der Waals surface area contributed by atoms with Crippen molar-refractivity contribution >= 4 is 50.5 Å². The van der Waals surface area contributed by atoms with Gasteiger partial charge in [-0.2, -0.15) is 0 Å². The van der Waals surface area contributed by atoms with E-state index in [9.17, 15) is 8.42 Å². The number of aromatic nitrogens is 1. The lowest BCUT2D eigenvalue weighted by Crippen LogP contribution is -2.13. The average Bonchev–Trinajstić information content (AvgIpc) is 3.20. The van der Waals surface area contributed by atoms with E-state index in [2.05, 4.69) is 9.88 Å². The Morgan fingerprint density at radius 2 is 1.57 bits per heavy atom. The van der Waals surface area contributed by atoms with Gasteiger partial charge in [0.15, 0.2) is 5.76 Å². The molecule has 0 aliphatic heterocycles. The van der Waals surface area contributed by atoms with Crippen LogP contribution < -0.4 is 4.72 Å². The molecule has 0 saturated heterocycles. The topological polar surface area (TPSA) is 72.2 Å². The summed E-state index contributed by atoms with van der Waals surface area (Å²) in [5.74, 6) is 0.538. The number of sulfonamides is 1. The summed E-state index contributed by atoms with van der Waals surface area (Å²) in [4.78, 5) is -0.0957. The van der Waals surface area contributed by atoms with Crippen LogP contribution in [-0.2, 0) is 10.0 Å². The van der Waals surface area contributed by atoms with E-state index >= 15 is 0 Å². The Morgan fingerprint density at radius 1 is 0.833 bits per heavy atom. The van der Waals surface area contributed by atoms with Crippen LogP contribution in [0.25, 0.3) is 22.6 Å². The number of anilines is 1. The summed E-state index contributed by atoms with van der Waals surface area (Å²) in [6.07, 6.45) is 0. The maximum absolute atomic E-state index is 12.6. The van der Waals surface area contributed by atoms with Crippen molar-refractivity contribution in [2.75, 3.05) is 4.72 Å². The van der Waals surface area contributed by atoms with E-state index in [4.69, 9.17) is 39.3 Å². The number of hydrogen-bond acceptors (Lipinski definition) is 4. The van der Waals surface area contributed by atoms with Crippen LogP contribution in [0.3, 0.4) is 0 Å². The first-order valence-electron chi connectivity index (χ1n) is 8.63. The Balaban J connectivity index is 1.57. The maximum atomic E-state index is 12.6. The zero-order valence-corrected chi connectivity index (χ0v) is 18.2. The number of nitrogens with one attached hydrogen (secondary N) is 1. The van der Waals surface area contributed by atoms with Crippen molar-refractivity contribution in [2.45, 2.75) is 4.90 Å². The molecule has 1 heterocycles. The minimum absolute atomic E-state index is 0.0817. The molecule has 0 atom stereocenters. The molecular formula is C21H13Cl3N2O3S. The fourth-order valence-electron chi connectivity index (χ4n) is 2.80. The Bertz CT molecular complexity index is 1320. The summed E-state index contributed by atoms with van der Waals surface area (Å²) in [6, 6.07) is 20.0. The van der Waals surface area contributed by atoms with Gasteiger partial charge < -0.3 is 4.52 Å². The van der Waals surface area contributed by atoms with Crippen molar-refractivity contribution in [3.63, 3.8) is 0 Å². The third-order valence-corrected chi connectivity index (χ3v) is 6.69. The third-order valence-electron chi connectivity index (χ3n) is 4.27. The summed E-state index contributed by atoms with van der Waals surface area (Å²) >= 11 is 18.1. The van der Waals surface area contributed by atoms with Gasteiger partial charge in [0.05, 0.1) is 10.0 Å². The molecule has 0 radical (unpaired) electrons. The van der Waals surface area contributed by atoms with Crippen molar-refractivity contribution in [3.05, 3.63) is 87.9 Å². The highest BCUT2D eigenvalue weighted by atomic mass is 35.5. The van der Waals surface area contributed by atoms with Crippen LogP contribution >= 0.6 is 34.8 Å². The van der Waals surface area contributed by atoms with Gasteiger partial charge in [-0.05, 0) is 42.5 Å². The maximum Gasteiger partial charge on any atom is 0.263 e. The normalized spacial score (nSPS) is 11.4. The quantitative estimate of drug-likeness (QED) is 0.343. The number of benzene rings is 3. The molecule has 4 rings (SSSR count). The predicted molar refractivity (Wildman–Crippen MR) is 120 cm³/mol. The molecule has 0 bridgehead atoms. The van der Waals surface area contributed by atoms with E-state index in [0.29, 0.717) is 22.2 Å². The summed E-state index contributed by atoms with van der Waals surface area (Å²) in [6.45, 7) is 0. The molecule has 0 unspecified atom stereocenters. The molecule has 0 amide bonds. The number of hydrogen-bond donors (Lipinski definition) is 1. The molecule has 4 aromatic rings. The van der Waals surface area contributed by atoms with Crippen molar-refractivity contribution in [2.24, 2.45) is 0 Å². The molecule has 5 nitrogen and oxygen atoms in total. The average molecular weight is 480 g/mol. The van der Waals surface area contributed by atoms with Gasteiger partial charge in [0.2, 0.25) is 0 Å². The van der Waals surface area contributed by atoms with E-state index in [1.807, 2.05) is 18.2 Å². The van der Waals surface area contributed by atoms with Crippen LogP contribution in [0.15, 0.2) is 82.2 Å². The fourth-order valence-corrected chi connectivity index (χ4v) is 4.85. The first-order valence-corrected chi connectivity index (χ1v) is 11.2. The van der Waals surface area contributed by atoms with Crippen LogP contribution in [0.2, 0.25) is 15.1 Å². The molecule has 30 heavy (non-hydrogen) atoms. The zero-order chi connectivity index (χ0) is 21.3. The fraction of sp³-hybridized carbons (Fsp3) is 0. The van der Waals surface area contributed by atoms with Crippen molar-refractivity contribution in [3.8, 4) is 22.6 Å². The van der Waals surface area contributed by atoms with Gasteiger partial charge in [-0.15, -0.1) is 0 Å². The lowest BCUT2D eigenvalue weighted by atomic mass is 10.1. The minimum atomic E-state index is -3.90. The predicted octanol–water partition coefficient (Wildman–Crippen LogP) is 6.77. The summed E-state index contributed by atoms with van der Waals surface area (Å²) in [7, 11) is -3.90. The molecule has 152 valence electrons. The molecule has 3 aromatic carbocycles. The third kappa shape index (κ3) is 4.32. The van der Waals surface area contributed by atoms with E-state index in [1.165, 1.54) is 18.2 Å². The lowest BCUT2D eigenvalue weighted by Gasteiger charge is -2.10. The van der Waals surface area contributed by atoms with Gasteiger partial charge in [-0.1, -0.05) is 64.2 Å². The van der Waals surface area contributed by atoms with E-state index in [-0.39, 0.29) is 14.9 Å². The highest BCUT2D eigenvalue weighted by molar-refractivity contribution is 7.92. The van der Waals surface area contributed by atoms with Crippen molar-refractivity contribution < 1.29 is 12.9 Å². The Kier molecular flexibility index (Phi) is 5.75. The first kappa shape index (κ1) is 20.8. The molecular weight excluding hydrogens is 467 g/mol. The Morgan fingerprint density at radius 3 is 2.30 bits per heavy atom. The van der Waals surface area contributed by atoms with Crippen LogP contribution in [0.1, 0.15) is 0 Å². The molecule has 1 N–H and O–H groups in total. The SMILES string of the molecule is O=S(=O)(Nc1ccc(-c2cc(-c3ccccc3Cl)on2)cc1)c1cc(Cl)ccc1Cl. The molecule has 0 spiro atoms. The highest BCUT2D eigenvalue weighted by Gasteiger charge is 2.19. The van der Waals surface area contributed by atoms with Crippen LogP contribution in [0.5, 0.6) is 0 Å². The van der Waals surface area contributed by atoms with Gasteiger partial charge >= 0.3 is 0 Å². The van der Waals surface area contributed by atoms with E-state index in [1.54, 1.807) is 36.4 Å². The number of nitrogens with zero attached hydrogens (tertiary/aromatic N) is 1. The van der Waals surface area contributed by atoms with Gasteiger partial charge in [-0.3, -0.25) is 4.72 Å². The Labute approximate surface area is 188 Å². The smallest absolute Gasteiger partial charge is 0.263 e. The standard InChI is InChI=1S/C21H13Cl3N2O3S/c22-14-7-10-18(24)21(11-14)30(27,28)26-15-8-5-13(6-9-15)19-12-20(29-25-19)16-3-1-2-4-17(16)23/h1-12,26H. The Hall–Kier alpha value is -2.51. The molecule has 0 aliphatic carbocycles. The van der Waals surface area contributed by atoms with Crippen LogP contribution in [0.4, 0.5) is 5.69 Å². The second kappa shape index (κ2) is 8.32. The summed E-state index contributed by atoms with van der Waals surface area (Å²) in [5, 5.41) is 4.99. The van der Waals surface area contributed by atoms with Crippen LogP contribution in [0, 0.1) is 0 Å². The van der Waals surface area contributed by atoms with Crippen LogP contribution in [-0.4, -0.2) is 13.6 Å². The monoisotopic (exact) mass is 478 g/mol. The molecule has 0 aliphatic rings. The van der Waals surface area contributed by atoms with Gasteiger partial charge in [0.25, 0.3) is 10.0 Å². The number of halogens is 3. The van der Waals surface area contributed by atoms with Gasteiger partial charge in [0.1, 0.15) is 10.6 Å². The zero-order valence-electron chi connectivity index (χ0n) is 15.1. The van der Waals surface area contributed by atoms with E-state index < -0.39 is 10.0 Å². The molecule has 1 aromatic heterocycles. The molecule has 9 heteroatoms. The largest absolute Gasteiger partial charge is 0.356 e. The molecule has 0 saturated carbocycles.